The van der Waals surface area contributed by atoms with Gasteiger partial charge in [0, 0.05) is 6.20 Å². The summed E-state index contributed by atoms with van der Waals surface area (Å²) in [6.45, 7) is 6.53. The molecule has 0 N–H and O–H groups in total. The van der Waals surface area contributed by atoms with E-state index in [1.807, 2.05) is 60.8 Å². The van der Waals surface area contributed by atoms with Crippen molar-refractivity contribution in [2.75, 3.05) is 0 Å². The molecular formula is C65H48N4OPt. The number of rotatable bonds is 8. The van der Waals surface area contributed by atoms with Crippen LogP contribution in [0.4, 0.5) is 0 Å². The van der Waals surface area contributed by atoms with Crippen molar-refractivity contribution in [1.29, 1.82) is 0 Å². The minimum absolute atomic E-state index is 0.145. The molecular weight excluding hydrogens is 1050 g/mol. The number of para-hydroxylation sites is 2. The van der Waals surface area contributed by atoms with Crippen molar-refractivity contribution >= 4 is 32.8 Å². The molecule has 344 valence electrons. The fourth-order valence-corrected chi connectivity index (χ4v) is 11.6. The molecule has 0 saturated carbocycles. The third kappa shape index (κ3) is 7.34. The second kappa shape index (κ2) is 17.1. The molecule has 0 radical (unpaired) electrons. The summed E-state index contributed by atoms with van der Waals surface area (Å²) in [6.07, 6.45) is 2.67. The number of benzene rings is 9. The maximum atomic E-state index is 8.78. The average molecular weight is 1100 g/mol. The van der Waals surface area contributed by atoms with Gasteiger partial charge in [0.2, 0.25) is 0 Å². The van der Waals surface area contributed by atoms with E-state index in [0.29, 0.717) is 17.1 Å². The quantitative estimate of drug-likeness (QED) is 0.152. The van der Waals surface area contributed by atoms with E-state index in [4.69, 9.17) is 16.6 Å². The van der Waals surface area contributed by atoms with Gasteiger partial charge in [-0.2, -0.15) is 0 Å². The van der Waals surface area contributed by atoms with Crippen molar-refractivity contribution in [3.8, 4) is 73.2 Å². The van der Waals surface area contributed by atoms with Crippen molar-refractivity contribution in [3.63, 3.8) is 0 Å². The Bertz CT molecular complexity index is 4390. The number of pyridine rings is 1. The molecule has 0 fully saturated rings. The van der Waals surface area contributed by atoms with Gasteiger partial charge >= 0.3 is 335 Å². The number of hydrogen-bond acceptors (Lipinski definition) is 2. The van der Waals surface area contributed by atoms with Gasteiger partial charge in [-0.3, -0.25) is 0 Å². The SMILES string of the molecule is [2H]c1c([2H])c([2H])c(-c2ccc3c(c2)c2ccc(Oc4cccc(-n5[c](=[Pt])n(-c6c(-c7ccccc7)cc7c(c6-c6ccccc6)Cc6ccccc6-7)c6ccccc65)c4)cc2n3-c2cc(C(C)(C)C)ccn2)c([2H])c1[2H]. The number of aromatic nitrogens is 4. The van der Waals surface area contributed by atoms with Gasteiger partial charge in [-0.25, -0.2) is 0 Å². The Balaban J connectivity index is 0.968. The molecule has 1 aliphatic carbocycles. The van der Waals surface area contributed by atoms with Gasteiger partial charge < -0.3 is 0 Å². The molecule has 0 saturated heterocycles. The molecule has 0 atom stereocenters. The maximum absolute atomic E-state index is 8.78. The molecule has 0 bridgehead atoms. The van der Waals surface area contributed by atoms with Crippen LogP contribution in [-0.2, 0) is 31.2 Å². The molecule has 3 heterocycles. The Morgan fingerprint density at radius 1 is 0.521 bits per heavy atom. The van der Waals surface area contributed by atoms with Gasteiger partial charge in [-0.05, 0) is 28.2 Å². The van der Waals surface area contributed by atoms with E-state index in [0.717, 1.165) is 76.9 Å². The van der Waals surface area contributed by atoms with Gasteiger partial charge in [0.1, 0.15) is 0 Å². The number of fused-ring (bicyclic) bond motifs is 7. The number of imidazole rings is 1. The van der Waals surface area contributed by atoms with Gasteiger partial charge in [-0.15, -0.1) is 0 Å². The summed E-state index contributed by atoms with van der Waals surface area (Å²) in [7, 11) is 0. The molecule has 0 spiro atoms. The van der Waals surface area contributed by atoms with E-state index in [9.17, 15) is 0 Å². The number of nitrogens with zero attached hydrogens (tertiary/aromatic N) is 4. The zero-order chi connectivity index (χ0) is 52.1. The molecule has 3 aromatic heterocycles. The van der Waals surface area contributed by atoms with Crippen LogP contribution >= 0.6 is 0 Å². The summed E-state index contributed by atoms with van der Waals surface area (Å²) in [5.41, 5.74) is 17.4. The normalized spacial score (nSPS) is 13.2. The van der Waals surface area contributed by atoms with Crippen molar-refractivity contribution < 1.29 is 30.9 Å². The third-order valence-corrected chi connectivity index (χ3v) is 14.9. The van der Waals surface area contributed by atoms with Crippen molar-refractivity contribution in [2.45, 2.75) is 32.6 Å². The standard InChI is InChI=1S/C65H48N4O.Pt/c1-65(2,3)48-34-35-66-62(38-48)69-58-33-30-46(43-18-7-4-8-19-43)36-56(58)53-32-31-51(40-61(53)69)70-50-26-17-25-49(39-50)67-42-68(60-29-16-15-28-59(60)67)64-54(44-20-9-5-10-21-44)41-55-52-27-14-13-24-47(52)37-57(55)63(64)45-22-11-6-12-23-45;/h4-36,38-41H,37H2,1-3H3;/i4D,7D,8D,18D,19D;. The van der Waals surface area contributed by atoms with Crippen LogP contribution in [0.2, 0.25) is 0 Å². The van der Waals surface area contributed by atoms with Crippen LogP contribution in [-0.4, -0.2) is 18.7 Å². The first-order valence-electron chi connectivity index (χ1n) is 26.3. The van der Waals surface area contributed by atoms with Crippen LogP contribution < -0.4 is 4.74 Å². The molecule has 9 aromatic carbocycles. The van der Waals surface area contributed by atoms with Crippen molar-refractivity contribution in [3.05, 3.63) is 245 Å². The van der Waals surface area contributed by atoms with Crippen LogP contribution in [0.1, 0.15) is 44.3 Å². The molecule has 1 aliphatic rings. The molecule has 5 nitrogen and oxygen atoms in total. The molecule has 0 aliphatic heterocycles. The minimum atomic E-state index is -0.420. The Morgan fingerprint density at radius 2 is 1.24 bits per heavy atom. The van der Waals surface area contributed by atoms with Crippen LogP contribution in [0.5, 0.6) is 11.5 Å². The Kier molecular flexibility index (Phi) is 9.08. The number of hydrogen-bond donors (Lipinski definition) is 0. The summed E-state index contributed by atoms with van der Waals surface area (Å²) in [5.74, 6) is 2.00. The monoisotopic (exact) mass is 1100 g/mol. The van der Waals surface area contributed by atoms with E-state index < -0.39 is 6.04 Å². The predicted molar refractivity (Wildman–Crippen MR) is 288 cm³/mol. The second-order valence-electron chi connectivity index (χ2n) is 19.1. The number of ether oxygens (including phenoxy) is 1. The average Bonchev–Trinajstić information content (AvgIpc) is 4.24. The first-order chi connectivity index (χ1) is 36.8. The molecule has 71 heavy (non-hydrogen) atoms. The first kappa shape index (κ1) is 37.7. The summed E-state index contributed by atoms with van der Waals surface area (Å²) in [5, 5.41) is 1.74. The molecule has 0 unspecified atom stereocenters. The van der Waals surface area contributed by atoms with Gasteiger partial charge in [0.05, 0.1) is 6.85 Å². The van der Waals surface area contributed by atoms with Gasteiger partial charge in [0.15, 0.2) is 0 Å². The Morgan fingerprint density at radius 3 is 2.03 bits per heavy atom. The van der Waals surface area contributed by atoms with E-state index in [1.165, 1.54) is 33.4 Å². The fraction of sp³-hybridized carbons (Fsp3) is 0.0769. The Hall–Kier alpha value is -8.11. The van der Waals surface area contributed by atoms with Crippen LogP contribution in [0.15, 0.2) is 224 Å². The van der Waals surface area contributed by atoms with E-state index >= 15 is 0 Å². The summed E-state index contributed by atoms with van der Waals surface area (Å²) in [6, 6.07) is 63.9. The van der Waals surface area contributed by atoms with Gasteiger partial charge in [-0.1, -0.05) is 57.0 Å². The van der Waals surface area contributed by atoms with E-state index in [2.05, 4.69) is 187 Å². The second-order valence-corrected chi connectivity index (χ2v) is 20.2. The summed E-state index contributed by atoms with van der Waals surface area (Å²) in [4.78, 5) is 4.91. The smallest absolute Gasteiger partial charge is 0.0617 e. The predicted octanol–water partition coefficient (Wildman–Crippen LogP) is 16.7. The van der Waals surface area contributed by atoms with Crippen LogP contribution in [0.3, 0.4) is 0 Å². The first-order valence-corrected chi connectivity index (χ1v) is 25.0. The zero-order valence-corrected chi connectivity index (χ0v) is 41.5. The van der Waals surface area contributed by atoms with Crippen molar-refractivity contribution in [2.24, 2.45) is 0 Å². The molecule has 6 heteroatoms. The van der Waals surface area contributed by atoms with E-state index in [-0.39, 0.29) is 35.1 Å². The minimum Gasteiger partial charge on any atom is -0.0617 e. The molecule has 0 amide bonds. The molecule has 12 aromatic rings. The summed E-state index contributed by atoms with van der Waals surface area (Å²) < 4.78 is 57.4. The zero-order valence-electron chi connectivity index (χ0n) is 44.2. The molecule has 13 rings (SSSR count). The Labute approximate surface area is 431 Å². The van der Waals surface area contributed by atoms with Crippen LogP contribution in [0, 0.1) is 3.80 Å². The fourth-order valence-electron chi connectivity index (χ4n) is 10.5. The van der Waals surface area contributed by atoms with E-state index in [1.54, 1.807) is 0 Å². The third-order valence-electron chi connectivity index (χ3n) is 13.8. The van der Waals surface area contributed by atoms with Gasteiger partial charge in [0.25, 0.3) is 0 Å². The van der Waals surface area contributed by atoms with Crippen LogP contribution in [0.25, 0.3) is 94.5 Å². The van der Waals surface area contributed by atoms with Crippen molar-refractivity contribution in [1.82, 2.24) is 18.7 Å². The topological polar surface area (TPSA) is 36.9 Å². The summed E-state index contributed by atoms with van der Waals surface area (Å²) >= 11 is 2.51.